The van der Waals surface area contributed by atoms with Crippen LogP contribution in [0.1, 0.15) is 0 Å². The summed E-state index contributed by atoms with van der Waals surface area (Å²) in [6.07, 6.45) is 7.28. The van der Waals surface area contributed by atoms with Gasteiger partial charge in [-0.1, -0.05) is 24.3 Å². The lowest BCUT2D eigenvalue weighted by molar-refractivity contribution is -0.133. The molecule has 3 aliphatic rings. The van der Waals surface area contributed by atoms with Crippen LogP contribution in [0.2, 0.25) is 0 Å². The molecule has 0 aromatic rings. The molecular formula is C12H14N2O3S. The molecule has 0 saturated carbocycles. The SMILES string of the molecule is O=C1C2C=CC=CC2C(=O)N1SN1CCOCC1. The summed E-state index contributed by atoms with van der Waals surface area (Å²) in [5.74, 6) is -0.837. The highest BCUT2D eigenvalue weighted by atomic mass is 32.2. The van der Waals surface area contributed by atoms with Gasteiger partial charge < -0.3 is 4.74 Å². The van der Waals surface area contributed by atoms with E-state index >= 15 is 0 Å². The zero-order valence-corrected chi connectivity index (χ0v) is 10.6. The molecule has 6 heteroatoms. The van der Waals surface area contributed by atoms with Gasteiger partial charge in [-0.2, -0.15) is 0 Å². The van der Waals surface area contributed by atoms with E-state index < -0.39 is 0 Å². The molecule has 2 fully saturated rings. The summed E-state index contributed by atoms with van der Waals surface area (Å²) in [6.45, 7) is 2.78. The van der Waals surface area contributed by atoms with Gasteiger partial charge in [0.25, 0.3) is 0 Å². The predicted molar refractivity (Wildman–Crippen MR) is 67.1 cm³/mol. The number of hydrogen-bond donors (Lipinski definition) is 0. The molecule has 3 rings (SSSR count). The Balaban J connectivity index is 1.72. The quantitative estimate of drug-likeness (QED) is 0.541. The molecule has 2 saturated heterocycles. The van der Waals surface area contributed by atoms with E-state index in [1.165, 1.54) is 16.4 Å². The van der Waals surface area contributed by atoms with E-state index in [1.807, 2.05) is 28.6 Å². The van der Waals surface area contributed by atoms with Crippen LogP contribution in [0.5, 0.6) is 0 Å². The number of carbonyl (C=O) groups excluding carboxylic acids is 2. The third kappa shape index (κ3) is 2.00. The largest absolute Gasteiger partial charge is 0.379 e. The molecular weight excluding hydrogens is 252 g/mol. The van der Waals surface area contributed by atoms with Crippen molar-refractivity contribution in [2.24, 2.45) is 11.8 Å². The lowest BCUT2D eigenvalue weighted by atomic mass is 9.91. The number of amides is 2. The number of hydrogen-bond acceptors (Lipinski definition) is 5. The van der Waals surface area contributed by atoms with E-state index in [9.17, 15) is 9.59 Å². The minimum atomic E-state index is -0.309. The van der Waals surface area contributed by atoms with Crippen molar-refractivity contribution < 1.29 is 14.3 Å². The normalized spacial score (nSPS) is 32.1. The molecule has 2 heterocycles. The van der Waals surface area contributed by atoms with Gasteiger partial charge in [0.2, 0.25) is 11.8 Å². The predicted octanol–water partition coefficient (Wildman–Crippen LogP) is 0.609. The van der Waals surface area contributed by atoms with E-state index in [2.05, 4.69) is 0 Å². The molecule has 2 unspecified atom stereocenters. The summed E-state index contributed by atoms with van der Waals surface area (Å²) >= 11 is 1.23. The van der Waals surface area contributed by atoms with Crippen LogP contribution in [0.3, 0.4) is 0 Å². The van der Waals surface area contributed by atoms with Crippen LogP contribution in [-0.4, -0.2) is 46.7 Å². The van der Waals surface area contributed by atoms with E-state index in [4.69, 9.17) is 4.74 Å². The number of rotatable bonds is 2. The molecule has 2 atom stereocenters. The van der Waals surface area contributed by atoms with Crippen molar-refractivity contribution in [1.29, 1.82) is 0 Å². The van der Waals surface area contributed by atoms with Crippen molar-refractivity contribution in [3.8, 4) is 0 Å². The first kappa shape index (κ1) is 12.0. The van der Waals surface area contributed by atoms with Crippen LogP contribution in [0.4, 0.5) is 0 Å². The molecule has 0 bridgehead atoms. The Bertz CT molecular complexity index is 399. The summed E-state index contributed by atoms with van der Waals surface area (Å²) in [7, 11) is 0. The second-order valence-electron chi connectivity index (χ2n) is 4.42. The first-order chi connectivity index (χ1) is 8.77. The number of allylic oxidation sites excluding steroid dienone is 2. The second kappa shape index (κ2) is 4.87. The number of ether oxygens (including phenoxy) is 1. The zero-order chi connectivity index (χ0) is 12.5. The number of morpholine rings is 1. The number of nitrogens with zero attached hydrogens (tertiary/aromatic N) is 2. The van der Waals surface area contributed by atoms with Crippen LogP contribution in [0.15, 0.2) is 24.3 Å². The van der Waals surface area contributed by atoms with Crippen molar-refractivity contribution in [3.63, 3.8) is 0 Å². The maximum absolute atomic E-state index is 12.2. The standard InChI is InChI=1S/C12H14N2O3S/c15-11-9-3-1-2-4-10(9)12(16)14(11)18-13-5-7-17-8-6-13/h1-4,9-10H,5-8H2. The topological polar surface area (TPSA) is 49.9 Å². The van der Waals surface area contributed by atoms with E-state index in [0.717, 1.165) is 13.1 Å². The molecule has 0 N–H and O–H groups in total. The first-order valence-electron chi connectivity index (χ1n) is 6.01. The van der Waals surface area contributed by atoms with Gasteiger partial charge in [0.15, 0.2) is 0 Å². The van der Waals surface area contributed by atoms with Crippen LogP contribution < -0.4 is 0 Å². The fourth-order valence-corrected chi connectivity index (χ4v) is 3.23. The average molecular weight is 266 g/mol. The van der Waals surface area contributed by atoms with E-state index in [-0.39, 0.29) is 23.7 Å². The number of imide groups is 1. The molecule has 0 aromatic heterocycles. The van der Waals surface area contributed by atoms with Gasteiger partial charge in [0, 0.05) is 13.1 Å². The Hall–Kier alpha value is -1.11. The molecule has 5 nitrogen and oxygen atoms in total. The molecule has 18 heavy (non-hydrogen) atoms. The van der Waals surface area contributed by atoms with Crippen molar-refractivity contribution >= 4 is 23.9 Å². The Kier molecular flexibility index (Phi) is 3.23. The smallest absolute Gasteiger partial charge is 0.248 e. The Morgan fingerprint density at radius 1 is 1.06 bits per heavy atom. The Morgan fingerprint density at radius 3 is 2.17 bits per heavy atom. The highest BCUT2D eigenvalue weighted by Crippen LogP contribution is 2.36. The van der Waals surface area contributed by atoms with Gasteiger partial charge in [-0.3, -0.25) is 9.59 Å². The van der Waals surface area contributed by atoms with Crippen molar-refractivity contribution in [1.82, 2.24) is 8.61 Å². The van der Waals surface area contributed by atoms with Gasteiger partial charge in [-0.25, -0.2) is 8.61 Å². The third-order valence-corrected chi connectivity index (χ3v) is 4.39. The molecule has 0 radical (unpaired) electrons. The van der Waals surface area contributed by atoms with Crippen LogP contribution in [0.25, 0.3) is 0 Å². The van der Waals surface area contributed by atoms with Crippen molar-refractivity contribution in [2.45, 2.75) is 0 Å². The third-order valence-electron chi connectivity index (χ3n) is 3.27. The summed E-state index contributed by atoms with van der Waals surface area (Å²) < 4.78 is 8.56. The highest BCUT2D eigenvalue weighted by molar-refractivity contribution is 7.95. The molecule has 2 amide bonds. The molecule has 2 aliphatic heterocycles. The summed E-state index contributed by atoms with van der Waals surface area (Å²) in [5, 5.41) is 0. The highest BCUT2D eigenvalue weighted by Gasteiger charge is 2.47. The van der Waals surface area contributed by atoms with Gasteiger partial charge >= 0.3 is 0 Å². The average Bonchev–Trinajstić information content (AvgIpc) is 2.66. The number of carbonyl (C=O) groups is 2. The molecule has 96 valence electrons. The lowest BCUT2D eigenvalue weighted by Crippen LogP contribution is -2.36. The molecule has 0 spiro atoms. The van der Waals surface area contributed by atoms with Crippen molar-refractivity contribution in [2.75, 3.05) is 26.3 Å². The van der Waals surface area contributed by atoms with E-state index in [1.54, 1.807) is 0 Å². The van der Waals surface area contributed by atoms with Crippen LogP contribution >= 0.6 is 12.1 Å². The fourth-order valence-electron chi connectivity index (χ4n) is 2.28. The summed E-state index contributed by atoms with van der Waals surface area (Å²) in [6, 6.07) is 0. The maximum atomic E-state index is 12.2. The maximum Gasteiger partial charge on any atom is 0.248 e. The van der Waals surface area contributed by atoms with Crippen molar-refractivity contribution in [3.05, 3.63) is 24.3 Å². The minimum Gasteiger partial charge on any atom is -0.379 e. The van der Waals surface area contributed by atoms with E-state index in [0.29, 0.717) is 13.2 Å². The second-order valence-corrected chi connectivity index (χ2v) is 5.46. The fraction of sp³-hybridized carbons (Fsp3) is 0.500. The number of fused-ring (bicyclic) bond motifs is 1. The van der Waals surface area contributed by atoms with Gasteiger partial charge in [-0.05, 0) is 0 Å². The van der Waals surface area contributed by atoms with Crippen LogP contribution in [0, 0.1) is 11.8 Å². The lowest BCUT2D eigenvalue weighted by Gasteiger charge is -2.27. The Morgan fingerprint density at radius 2 is 1.61 bits per heavy atom. The van der Waals surface area contributed by atoms with Gasteiger partial charge in [-0.15, -0.1) is 0 Å². The Labute approximate surface area is 110 Å². The summed E-state index contributed by atoms with van der Waals surface area (Å²) in [5.41, 5.74) is 0. The first-order valence-corrected chi connectivity index (χ1v) is 6.74. The molecule has 0 aromatic carbocycles. The van der Waals surface area contributed by atoms with Gasteiger partial charge in [0.1, 0.15) is 0 Å². The summed E-state index contributed by atoms with van der Waals surface area (Å²) in [4.78, 5) is 24.3. The molecule has 1 aliphatic carbocycles. The monoisotopic (exact) mass is 266 g/mol. The zero-order valence-electron chi connectivity index (χ0n) is 9.82. The van der Waals surface area contributed by atoms with Crippen LogP contribution in [-0.2, 0) is 14.3 Å². The van der Waals surface area contributed by atoms with Gasteiger partial charge in [0.05, 0.1) is 37.2 Å². The minimum absolute atomic E-state index is 0.109.